The lowest BCUT2D eigenvalue weighted by Gasteiger charge is -2.18. The smallest absolute Gasteiger partial charge is 0.141 e. The molecule has 1 aromatic carbocycles. The second-order valence-electron chi connectivity index (χ2n) is 3.77. The molecule has 5 heteroatoms. The van der Waals surface area contributed by atoms with Crippen molar-refractivity contribution >= 4 is 28.6 Å². The molecule has 0 saturated carbocycles. The maximum absolute atomic E-state index is 5.95. The van der Waals surface area contributed by atoms with Crippen molar-refractivity contribution in [3.05, 3.63) is 45.6 Å². The highest BCUT2D eigenvalue weighted by molar-refractivity contribution is 7.16. The van der Waals surface area contributed by atoms with Crippen LogP contribution in [0.5, 0.6) is 5.75 Å². The number of nitrogens with one attached hydrogen (secondary N) is 1. The Morgan fingerprint density at radius 3 is 2.72 bits per heavy atom. The van der Waals surface area contributed by atoms with E-state index >= 15 is 0 Å². The molecule has 3 nitrogen and oxygen atoms in total. The number of benzene rings is 1. The number of anilines is 1. The molecule has 0 aliphatic heterocycles. The minimum Gasteiger partial charge on any atom is -0.495 e. The molecule has 0 aliphatic rings. The first-order chi connectivity index (χ1) is 8.74. The maximum atomic E-state index is 5.95. The molecule has 0 radical (unpaired) electrons. The van der Waals surface area contributed by atoms with Gasteiger partial charge in [-0.05, 0) is 24.3 Å². The molecule has 96 valence electrons. The second-order valence-corrected chi connectivity index (χ2v) is 5.52. The number of hydrogen-bond acceptors (Lipinski definition) is 4. The molecule has 3 N–H and O–H groups in total. The van der Waals surface area contributed by atoms with Gasteiger partial charge in [0.15, 0.2) is 0 Å². The van der Waals surface area contributed by atoms with E-state index in [1.54, 1.807) is 7.11 Å². The van der Waals surface area contributed by atoms with Gasteiger partial charge in [0.25, 0.3) is 0 Å². The Balaban J connectivity index is 2.20. The average Bonchev–Trinajstić information content (AvgIpc) is 2.83. The fourth-order valence-corrected chi connectivity index (χ4v) is 2.84. The van der Waals surface area contributed by atoms with Gasteiger partial charge in [-0.1, -0.05) is 23.7 Å². The number of para-hydroxylation sites is 2. The number of methoxy groups -OCH3 is 1. The van der Waals surface area contributed by atoms with Crippen LogP contribution in [0, 0.1) is 0 Å². The van der Waals surface area contributed by atoms with Crippen LogP contribution >= 0.6 is 22.9 Å². The molecule has 0 amide bonds. The van der Waals surface area contributed by atoms with E-state index in [1.165, 1.54) is 11.3 Å². The summed E-state index contributed by atoms with van der Waals surface area (Å²) >= 11 is 7.48. The molecule has 18 heavy (non-hydrogen) atoms. The third-order valence-electron chi connectivity index (χ3n) is 2.61. The number of halogens is 1. The summed E-state index contributed by atoms with van der Waals surface area (Å²) < 4.78 is 6.07. The summed E-state index contributed by atoms with van der Waals surface area (Å²) in [7, 11) is 1.65. The van der Waals surface area contributed by atoms with Crippen molar-refractivity contribution in [3.8, 4) is 5.75 Å². The van der Waals surface area contributed by atoms with E-state index in [9.17, 15) is 0 Å². The molecule has 0 fully saturated rings. The molecule has 1 heterocycles. The molecule has 1 aromatic heterocycles. The Morgan fingerprint density at radius 2 is 2.11 bits per heavy atom. The fourth-order valence-electron chi connectivity index (χ4n) is 1.71. The summed E-state index contributed by atoms with van der Waals surface area (Å²) in [4.78, 5) is 1.12. The lowest BCUT2D eigenvalue weighted by atomic mass is 10.2. The van der Waals surface area contributed by atoms with Gasteiger partial charge in [-0.3, -0.25) is 0 Å². The van der Waals surface area contributed by atoms with E-state index in [4.69, 9.17) is 22.1 Å². The van der Waals surface area contributed by atoms with Gasteiger partial charge >= 0.3 is 0 Å². The van der Waals surface area contributed by atoms with Gasteiger partial charge in [-0.15, -0.1) is 11.3 Å². The van der Waals surface area contributed by atoms with Crippen LogP contribution in [0.1, 0.15) is 10.9 Å². The first-order valence-electron chi connectivity index (χ1n) is 5.59. The van der Waals surface area contributed by atoms with Gasteiger partial charge in [0.05, 0.1) is 23.2 Å². The van der Waals surface area contributed by atoms with Gasteiger partial charge in [-0.25, -0.2) is 0 Å². The van der Waals surface area contributed by atoms with Crippen molar-refractivity contribution in [2.45, 2.75) is 6.04 Å². The minimum absolute atomic E-state index is 0.0406. The van der Waals surface area contributed by atoms with Crippen LogP contribution in [0.4, 0.5) is 5.69 Å². The van der Waals surface area contributed by atoms with Crippen molar-refractivity contribution in [3.63, 3.8) is 0 Å². The van der Waals surface area contributed by atoms with Crippen LogP contribution in [0.25, 0.3) is 0 Å². The topological polar surface area (TPSA) is 47.3 Å². The van der Waals surface area contributed by atoms with Gasteiger partial charge in [0.1, 0.15) is 5.75 Å². The highest BCUT2D eigenvalue weighted by Gasteiger charge is 2.13. The second kappa shape index (κ2) is 6.09. The average molecular weight is 283 g/mol. The molecule has 0 saturated heterocycles. The number of hydrogen-bond donors (Lipinski definition) is 2. The quantitative estimate of drug-likeness (QED) is 0.882. The number of nitrogens with two attached hydrogens (primary N) is 1. The Morgan fingerprint density at radius 1 is 1.33 bits per heavy atom. The molecule has 0 spiro atoms. The summed E-state index contributed by atoms with van der Waals surface area (Å²) in [5.74, 6) is 0.804. The van der Waals surface area contributed by atoms with Crippen molar-refractivity contribution in [1.29, 1.82) is 0 Å². The monoisotopic (exact) mass is 282 g/mol. The van der Waals surface area contributed by atoms with Crippen molar-refractivity contribution in [2.24, 2.45) is 5.73 Å². The van der Waals surface area contributed by atoms with E-state index in [0.717, 1.165) is 20.7 Å². The van der Waals surface area contributed by atoms with Crippen LogP contribution in [-0.2, 0) is 0 Å². The van der Waals surface area contributed by atoms with E-state index in [0.29, 0.717) is 6.54 Å². The van der Waals surface area contributed by atoms with Crippen LogP contribution < -0.4 is 15.8 Å². The summed E-state index contributed by atoms with van der Waals surface area (Å²) in [6, 6.07) is 11.7. The number of rotatable bonds is 5. The fraction of sp³-hybridized carbons (Fsp3) is 0.231. The Kier molecular flexibility index (Phi) is 4.47. The highest BCUT2D eigenvalue weighted by atomic mass is 35.5. The lowest BCUT2D eigenvalue weighted by Crippen LogP contribution is -2.19. The molecule has 0 bridgehead atoms. The van der Waals surface area contributed by atoms with E-state index in [2.05, 4.69) is 5.32 Å². The molecule has 1 atom stereocenters. The van der Waals surface area contributed by atoms with Crippen molar-refractivity contribution in [1.82, 2.24) is 0 Å². The maximum Gasteiger partial charge on any atom is 0.141 e. The molecule has 2 aromatic rings. The molecule has 1 unspecified atom stereocenters. The molecule has 2 rings (SSSR count). The van der Waals surface area contributed by atoms with Crippen LogP contribution in [0.2, 0.25) is 4.34 Å². The van der Waals surface area contributed by atoms with Gasteiger partial charge in [0, 0.05) is 11.4 Å². The predicted octanol–water partition coefficient (Wildman–Crippen LogP) is 3.52. The van der Waals surface area contributed by atoms with Crippen molar-refractivity contribution < 1.29 is 4.74 Å². The Labute approximate surface area is 116 Å². The predicted molar refractivity (Wildman–Crippen MR) is 77.7 cm³/mol. The van der Waals surface area contributed by atoms with E-state index < -0.39 is 0 Å². The van der Waals surface area contributed by atoms with Gasteiger partial charge in [-0.2, -0.15) is 0 Å². The Hall–Kier alpha value is -1.23. The van der Waals surface area contributed by atoms with Crippen LogP contribution in [0.3, 0.4) is 0 Å². The zero-order valence-electron chi connectivity index (χ0n) is 10.0. The van der Waals surface area contributed by atoms with E-state index in [1.807, 2.05) is 36.4 Å². The SMILES string of the molecule is COc1ccccc1NC(CN)c1ccc(Cl)s1. The number of ether oxygens (including phenoxy) is 1. The van der Waals surface area contributed by atoms with Crippen molar-refractivity contribution in [2.75, 3.05) is 19.0 Å². The lowest BCUT2D eigenvalue weighted by molar-refractivity contribution is 0.416. The van der Waals surface area contributed by atoms with Crippen LogP contribution in [0.15, 0.2) is 36.4 Å². The number of thiophene rings is 1. The first-order valence-corrected chi connectivity index (χ1v) is 6.79. The summed E-state index contributed by atoms with van der Waals surface area (Å²) in [5.41, 5.74) is 6.74. The van der Waals surface area contributed by atoms with Gasteiger partial charge in [0.2, 0.25) is 0 Å². The minimum atomic E-state index is 0.0406. The van der Waals surface area contributed by atoms with Gasteiger partial charge < -0.3 is 15.8 Å². The normalized spacial score (nSPS) is 12.2. The highest BCUT2D eigenvalue weighted by Crippen LogP contribution is 2.31. The first kappa shape index (κ1) is 13.2. The molecular formula is C13H15ClN2OS. The summed E-state index contributed by atoms with van der Waals surface area (Å²) in [6.45, 7) is 0.495. The van der Waals surface area contributed by atoms with Crippen LogP contribution in [-0.4, -0.2) is 13.7 Å². The molecule has 0 aliphatic carbocycles. The zero-order chi connectivity index (χ0) is 13.0. The summed E-state index contributed by atoms with van der Waals surface area (Å²) in [5, 5.41) is 3.38. The zero-order valence-corrected chi connectivity index (χ0v) is 11.6. The molecular weight excluding hydrogens is 268 g/mol. The largest absolute Gasteiger partial charge is 0.495 e. The third-order valence-corrected chi connectivity index (χ3v) is 3.95. The summed E-state index contributed by atoms with van der Waals surface area (Å²) in [6.07, 6.45) is 0. The Bertz CT molecular complexity index is 515. The standard InChI is InChI=1S/C13H15ClN2OS/c1-17-11-5-3-2-4-9(11)16-10(8-15)12-6-7-13(14)18-12/h2-7,10,16H,8,15H2,1H3. The third kappa shape index (κ3) is 2.96. The van der Waals surface area contributed by atoms with E-state index in [-0.39, 0.29) is 6.04 Å².